The lowest BCUT2D eigenvalue weighted by atomic mass is 9.83. The smallest absolute Gasteiger partial charge is 0.320 e. The summed E-state index contributed by atoms with van der Waals surface area (Å²) in [7, 11) is 1.29. The van der Waals surface area contributed by atoms with Crippen LogP contribution in [0.5, 0.6) is 0 Å². The molecule has 0 aromatic rings. The zero-order valence-electron chi connectivity index (χ0n) is 12.7. The molecule has 4 heteroatoms. The van der Waals surface area contributed by atoms with E-state index in [0.29, 0.717) is 12.5 Å². The van der Waals surface area contributed by atoms with Crippen molar-refractivity contribution in [3.63, 3.8) is 0 Å². The Hall–Kier alpha value is -1.06. The van der Waals surface area contributed by atoms with Crippen LogP contribution < -0.4 is 5.32 Å². The van der Waals surface area contributed by atoms with Gasteiger partial charge in [0.25, 0.3) is 0 Å². The third kappa shape index (κ3) is 5.07. The van der Waals surface area contributed by atoms with E-state index in [9.17, 15) is 9.59 Å². The van der Waals surface area contributed by atoms with Crippen LogP contribution in [-0.4, -0.2) is 25.5 Å². The Bertz CT molecular complexity index is 306. The fourth-order valence-electron chi connectivity index (χ4n) is 2.07. The molecule has 0 bridgehead atoms. The zero-order valence-corrected chi connectivity index (χ0v) is 12.7. The number of amides is 1. The van der Waals surface area contributed by atoms with E-state index in [0.717, 1.165) is 6.42 Å². The van der Waals surface area contributed by atoms with Crippen molar-refractivity contribution in [2.24, 2.45) is 16.7 Å². The van der Waals surface area contributed by atoms with Gasteiger partial charge in [-0.15, -0.1) is 0 Å². The second kappa shape index (κ2) is 6.21. The maximum absolute atomic E-state index is 12.0. The number of nitrogens with one attached hydrogen (secondary N) is 1. The second-order valence-corrected chi connectivity index (χ2v) is 6.56. The molecule has 1 N–H and O–H groups in total. The van der Waals surface area contributed by atoms with Crippen LogP contribution in [0.25, 0.3) is 0 Å². The number of methoxy groups -OCH3 is 1. The number of ether oxygens (including phenoxy) is 1. The monoisotopic (exact) mass is 257 g/mol. The van der Waals surface area contributed by atoms with Crippen LogP contribution >= 0.6 is 0 Å². The predicted octanol–water partition coefficient (Wildman–Crippen LogP) is 2.37. The molecule has 0 spiro atoms. The van der Waals surface area contributed by atoms with Crippen LogP contribution in [0, 0.1) is 16.7 Å². The third-order valence-electron chi connectivity index (χ3n) is 2.95. The van der Waals surface area contributed by atoms with Gasteiger partial charge in [0, 0.05) is 6.54 Å². The summed E-state index contributed by atoms with van der Waals surface area (Å²) < 4.78 is 4.63. The molecule has 18 heavy (non-hydrogen) atoms. The molecule has 0 heterocycles. The standard InChI is InChI=1S/C14H27NO3/c1-10(2)8-13(3,4)9-15-11(16)14(5,6)12(17)18-7/h10H,8-9H2,1-7H3,(H,15,16). The van der Waals surface area contributed by atoms with Crippen LogP contribution in [0.4, 0.5) is 0 Å². The highest BCUT2D eigenvalue weighted by Gasteiger charge is 2.37. The van der Waals surface area contributed by atoms with Crippen LogP contribution in [-0.2, 0) is 14.3 Å². The molecule has 0 saturated carbocycles. The first kappa shape index (κ1) is 16.9. The first-order valence-corrected chi connectivity index (χ1v) is 6.39. The van der Waals surface area contributed by atoms with Crippen molar-refractivity contribution in [1.82, 2.24) is 5.32 Å². The SMILES string of the molecule is COC(=O)C(C)(C)C(=O)NCC(C)(C)CC(C)C. The Morgan fingerprint density at radius 1 is 1.17 bits per heavy atom. The maximum atomic E-state index is 12.0. The normalized spacial score (nSPS) is 12.4. The number of carbonyl (C=O) groups is 2. The summed E-state index contributed by atoms with van der Waals surface area (Å²) in [6, 6.07) is 0. The summed E-state index contributed by atoms with van der Waals surface area (Å²) in [5, 5.41) is 2.84. The van der Waals surface area contributed by atoms with Crippen molar-refractivity contribution >= 4 is 11.9 Å². The first-order chi connectivity index (χ1) is 8.03. The van der Waals surface area contributed by atoms with Gasteiger partial charge in [0.1, 0.15) is 5.41 Å². The maximum Gasteiger partial charge on any atom is 0.320 e. The van der Waals surface area contributed by atoms with Crippen molar-refractivity contribution < 1.29 is 14.3 Å². The molecule has 0 atom stereocenters. The summed E-state index contributed by atoms with van der Waals surface area (Å²) in [6.45, 7) is 12.2. The Labute approximate surface area is 110 Å². The molecule has 0 fully saturated rings. The van der Waals surface area contributed by atoms with E-state index in [1.165, 1.54) is 7.11 Å². The second-order valence-electron chi connectivity index (χ2n) is 6.56. The highest BCUT2D eigenvalue weighted by molar-refractivity contribution is 6.01. The number of hydrogen-bond acceptors (Lipinski definition) is 3. The highest BCUT2D eigenvalue weighted by Crippen LogP contribution is 2.25. The molecule has 0 aliphatic rings. The number of esters is 1. The molecule has 0 unspecified atom stereocenters. The van der Waals surface area contributed by atoms with Crippen molar-refractivity contribution in [2.45, 2.75) is 48.0 Å². The Morgan fingerprint density at radius 3 is 2.06 bits per heavy atom. The Morgan fingerprint density at radius 2 is 1.67 bits per heavy atom. The van der Waals surface area contributed by atoms with Gasteiger partial charge >= 0.3 is 5.97 Å². The molecule has 0 aliphatic heterocycles. The number of rotatable bonds is 6. The van der Waals surface area contributed by atoms with E-state index in [4.69, 9.17) is 0 Å². The molecule has 106 valence electrons. The van der Waals surface area contributed by atoms with Crippen LogP contribution in [0.15, 0.2) is 0 Å². The van der Waals surface area contributed by atoms with E-state index < -0.39 is 11.4 Å². The number of carbonyl (C=O) groups excluding carboxylic acids is 2. The molecule has 0 radical (unpaired) electrons. The molecular weight excluding hydrogens is 230 g/mol. The molecule has 0 aromatic carbocycles. The van der Waals surface area contributed by atoms with Crippen LogP contribution in [0.1, 0.15) is 48.0 Å². The fourth-order valence-corrected chi connectivity index (χ4v) is 2.07. The van der Waals surface area contributed by atoms with Gasteiger partial charge in [0.05, 0.1) is 7.11 Å². The lowest BCUT2D eigenvalue weighted by Crippen LogP contribution is -2.46. The van der Waals surface area contributed by atoms with Crippen molar-refractivity contribution in [3.8, 4) is 0 Å². The zero-order chi connectivity index (χ0) is 14.6. The minimum Gasteiger partial charge on any atom is -0.468 e. The van der Waals surface area contributed by atoms with E-state index in [-0.39, 0.29) is 11.3 Å². The summed E-state index contributed by atoms with van der Waals surface area (Å²) >= 11 is 0. The summed E-state index contributed by atoms with van der Waals surface area (Å²) in [5.41, 5.74) is -1.11. The van der Waals surface area contributed by atoms with Gasteiger partial charge in [-0.05, 0) is 31.6 Å². The molecule has 0 saturated heterocycles. The summed E-state index contributed by atoms with van der Waals surface area (Å²) in [6.07, 6.45) is 1.02. The van der Waals surface area contributed by atoms with Crippen molar-refractivity contribution in [3.05, 3.63) is 0 Å². The molecule has 1 amide bonds. The van der Waals surface area contributed by atoms with Gasteiger partial charge in [-0.3, -0.25) is 9.59 Å². The molecule has 0 rings (SSSR count). The summed E-state index contributed by atoms with van der Waals surface area (Å²) in [5.74, 6) is -0.224. The van der Waals surface area contributed by atoms with E-state index in [2.05, 4.69) is 37.7 Å². The Balaban J connectivity index is 4.47. The number of hydrogen-bond donors (Lipinski definition) is 1. The lowest BCUT2D eigenvalue weighted by Gasteiger charge is -2.29. The average molecular weight is 257 g/mol. The van der Waals surface area contributed by atoms with Gasteiger partial charge < -0.3 is 10.1 Å². The fraction of sp³-hybridized carbons (Fsp3) is 0.857. The van der Waals surface area contributed by atoms with E-state index in [1.807, 2.05) is 0 Å². The van der Waals surface area contributed by atoms with Gasteiger partial charge in [0.15, 0.2) is 0 Å². The highest BCUT2D eigenvalue weighted by atomic mass is 16.5. The third-order valence-corrected chi connectivity index (χ3v) is 2.95. The van der Waals surface area contributed by atoms with E-state index in [1.54, 1.807) is 13.8 Å². The minimum absolute atomic E-state index is 0.0238. The Kier molecular flexibility index (Phi) is 5.84. The van der Waals surface area contributed by atoms with Crippen molar-refractivity contribution in [1.29, 1.82) is 0 Å². The van der Waals surface area contributed by atoms with Crippen LogP contribution in [0.3, 0.4) is 0 Å². The molecule has 4 nitrogen and oxygen atoms in total. The van der Waals surface area contributed by atoms with Crippen molar-refractivity contribution in [2.75, 3.05) is 13.7 Å². The quantitative estimate of drug-likeness (QED) is 0.587. The first-order valence-electron chi connectivity index (χ1n) is 6.39. The minimum atomic E-state index is -1.14. The predicted molar refractivity (Wildman–Crippen MR) is 72.0 cm³/mol. The largest absolute Gasteiger partial charge is 0.468 e. The van der Waals surface area contributed by atoms with Gasteiger partial charge in [-0.25, -0.2) is 0 Å². The van der Waals surface area contributed by atoms with Gasteiger partial charge in [-0.1, -0.05) is 27.7 Å². The summed E-state index contributed by atoms with van der Waals surface area (Å²) in [4.78, 5) is 23.5. The molecular formula is C14H27NO3. The lowest BCUT2D eigenvalue weighted by molar-refractivity contribution is -0.156. The van der Waals surface area contributed by atoms with Gasteiger partial charge in [0.2, 0.25) is 5.91 Å². The molecule has 0 aliphatic carbocycles. The van der Waals surface area contributed by atoms with E-state index >= 15 is 0 Å². The van der Waals surface area contributed by atoms with Gasteiger partial charge in [-0.2, -0.15) is 0 Å². The topological polar surface area (TPSA) is 55.4 Å². The van der Waals surface area contributed by atoms with Crippen LogP contribution in [0.2, 0.25) is 0 Å². The molecule has 0 aromatic heterocycles. The average Bonchev–Trinajstić information content (AvgIpc) is 2.22.